The van der Waals surface area contributed by atoms with Gasteiger partial charge in [0.15, 0.2) is 0 Å². The number of hydrogen-bond donors (Lipinski definition) is 0. The first-order chi connectivity index (χ1) is 30.2. The highest BCUT2D eigenvalue weighted by atomic mass is 16.3. The van der Waals surface area contributed by atoms with E-state index in [1.165, 1.54) is 66.4 Å². The normalized spacial score (nSPS) is 14.3. The van der Waals surface area contributed by atoms with Crippen molar-refractivity contribution in [2.45, 2.75) is 12.5 Å². The number of furan rings is 1. The van der Waals surface area contributed by atoms with Crippen LogP contribution in [0.15, 0.2) is 229 Å². The molecule has 1 atom stereocenters. The fourth-order valence-electron chi connectivity index (χ4n) is 9.66. The van der Waals surface area contributed by atoms with E-state index in [2.05, 4.69) is 234 Å². The molecule has 0 spiro atoms. The minimum atomic E-state index is 0.148. The van der Waals surface area contributed by atoms with Crippen molar-refractivity contribution >= 4 is 66.7 Å². The number of allylic oxidation sites excluding steroid dienone is 2. The Bertz CT molecular complexity index is 3220. The van der Waals surface area contributed by atoms with Gasteiger partial charge >= 0.3 is 0 Å². The molecular formula is C58H40N2O. The van der Waals surface area contributed by atoms with Gasteiger partial charge in [0.2, 0.25) is 0 Å². The number of hydrogen-bond acceptors (Lipinski definition) is 3. The molecule has 288 valence electrons. The highest BCUT2D eigenvalue weighted by molar-refractivity contribution is 6.19. The number of anilines is 5. The Morgan fingerprint density at radius 1 is 0.459 bits per heavy atom. The molecule has 9 aromatic carbocycles. The van der Waals surface area contributed by atoms with Gasteiger partial charge in [0.25, 0.3) is 0 Å². The standard InChI is InChI=1S/C58H40N2O/c1-3-13-39(14-4-1)42-25-29-46(30-26-42)59(47-31-27-43(28-32-47)40-15-5-2-6-16-40)48-33-35-49(36-34-48)60-52-21-11-9-19-50(52)57-53(60)38-55-58(51-20-10-12-22-54(51)61-55)56(57)45-24-23-41-17-7-8-18-44(41)37-45/h1-20,22-38,52H,21H2. The monoisotopic (exact) mass is 780 g/mol. The third kappa shape index (κ3) is 5.97. The van der Waals surface area contributed by atoms with E-state index >= 15 is 0 Å². The molecule has 3 heteroatoms. The van der Waals surface area contributed by atoms with Crippen molar-refractivity contribution in [2.75, 3.05) is 9.80 Å². The summed E-state index contributed by atoms with van der Waals surface area (Å²) in [7, 11) is 0. The molecule has 0 amide bonds. The van der Waals surface area contributed by atoms with E-state index in [0.29, 0.717) is 0 Å². The molecule has 12 rings (SSSR count). The van der Waals surface area contributed by atoms with Gasteiger partial charge in [0.1, 0.15) is 11.2 Å². The van der Waals surface area contributed by atoms with Gasteiger partial charge in [0, 0.05) is 50.7 Å². The zero-order valence-corrected chi connectivity index (χ0v) is 33.4. The first-order valence-corrected chi connectivity index (χ1v) is 21.1. The van der Waals surface area contributed by atoms with E-state index in [1.54, 1.807) is 0 Å². The van der Waals surface area contributed by atoms with E-state index in [0.717, 1.165) is 45.7 Å². The Hall–Kier alpha value is -7.88. The van der Waals surface area contributed by atoms with Gasteiger partial charge in [-0.1, -0.05) is 158 Å². The van der Waals surface area contributed by atoms with Crippen LogP contribution in [0, 0.1) is 0 Å². The molecule has 1 aromatic heterocycles. The minimum absolute atomic E-state index is 0.148. The number of benzene rings is 9. The summed E-state index contributed by atoms with van der Waals surface area (Å²) >= 11 is 0. The van der Waals surface area contributed by atoms with Crippen LogP contribution in [-0.2, 0) is 0 Å². The predicted octanol–water partition coefficient (Wildman–Crippen LogP) is 16.1. The highest BCUT2D eigenvalue weighted by Gasteiger charge is 2.39. The lowest BCUT2D eigenvalue weighted by Crippen LogP contribution is -2.27. The first kappa shape index (κ1) is 35.1. The van der Waals surface area contributed by atoms with Crippen LogP contribution < -0.4 is 9.80 Å². The molecule has 1 aliphatic carbocycles. The maximum atomic E-state index is 6.72. The Morgan fingerprint density at radius 3 is 1.69 bits per heavy atom. The topological polar surface area (TPSA) is 19.6 Å². The molecular weight excluding hydrogens is 741 g/mol. The third-order valence-corrected chi connectivity index (χ3v) is 12.5. The Kier molecular flexibility index (Phi) is 8.31. The van der Waals surface area contributed by atoms with Gasteiger partial charge < -0.3 is 14.2 Å². The van der Waals surface area contributed by atoms with Crippen molar-refractivity contribution in [2.24, 2.45) is 0 Å². The van der Waals surface area contributed by atoms with Crippen LogP contribution in [0.25, 0.3) is 71.7 Å². The first-order valence-electron chi connectivity index (χ1n) is 21.1. The van der Waals surface area contributed by atoms with Gasteiger partial charge in [-0.2, -0.15) is 0 Å². The predicted molar refractivity (Wildman–Crippen MR) is 256 cm³/mol. The van der Waals surface area contributed by atoms with Crippen LogP contribution in [0.1, 0.15) is 12.0 Å². The van der Waals surface area contributed by atoms with Crippen molar-refractivity contribution in [3.8, 4) is 33.4 Å². The summed E-state index contributed by atoms with van der Waals surface area (Å²) in [5.74, 6) is 0. The maximum Gasteiger partial charge on any atom is 0.138 e. The number of nitrogens with zero attached hydrogens (tertiary/aromatic N) is 2. The summed E-state index contributed by atoms with van der Waals surface area (Å²) in [6.45, 7) is 0. The second-order valence-electron chi connectivity index (χ2n) is 16.0. The molecule has 2 aliphatic rings. The lowest BCUT2D eigenvalue weighted by molar-refractivity contribution is 0.669. The van der Waals surface area contributed by atoms with E-state index < -0.39 is 0 Å². The molecule has 61 heavy (non-hydrogen) atoms. The molecule has 1 aliphatic heterocycles. The van der Waals surface area contributed by atoms with Gasteiger partial charge in [-0.15, -0.1) is 0 Å². The van der Waals surface area contributed by atoms with Gasteiger partial charge in [-0.05, 0) is 111 Å². The van der Waals surface area contributed by atoms with Crippen LogP contribution in [0.3, 0.4) is 0 Å². The summed E-state index contributed by atoms with van der Waals surface area (Å²) in [5.41, 5.74) is 17.3. The summed E-state index contributed by atoms with van der Waals surface area (Å²) < 4.78 is 6.72. The summed E-state index contributed by atoms with van der Waals surface area (Å²) in [5, 5.41) is 4.78. The molecule has 0 N–H and O–H groups in total. The van der Waals surface area contributed by atoms with Gasteiger partial charge in [0.05, 0.1) is 11.7 Å². The smallest absolute Gasteiger partial charge is 0.138 e. The molecule has 0 saturated carbocycles. The fraction of sp³-hybridized carbons (Fsp3) is 0.0345. The maximum absolute atomic E-state index is 6.72. The second kappa shape index (κ2) is 14.4. The Morgan fingerprint density at radius 2 is 1.02 bits per heavy atom. The van der Waals surface area contributed by atoms with Crippen molar-refractivity contribution < 1.29 is 4.42 Å². The lowest BCUT2D eigenvalue weighted by atomic mass is 9.87. The molecule has 1 unspecified atom stereocenters. The molecule has 10 aromatic rings. The second-order valence-corrected chi connectivity index (χ2v) is 16.0. The largest absolute Gasteiger partial charge is 0.456 e. The van der Waals surface area contributed by atoms with Gasteiger partial charge in [-0.3, -0.25) is 0 Å². The van der Waals surface area contributed by atoms with E-state index in [9.17, 15) is 0 Å². The average molecular weight is 781 g/mol. The summed E-state index contributed by atoms with van der Waals surface area (Å²) in [6.07, 6.45) is 7.78. The van der Waals surface area contributed by atoms with E-state index in [-0.39, 0.29) is 6.04 Å². The Labute approximate surface area is 355 Å². The molecule has 0 radical (unpaired) electrons. The van der Waals surface area contributed by atoms with Gasteiger partial charge in [-0.25, -0.2) is 0 Å². The Balaban J connectivity index is 0.996. The molecule has 3 nitrogen and oxygen atoms in total. The van der Waals surface area contributed by atoms with Crippen LogP contribution in [-0.4, -0.2) is 6.04 Å². The van der Waals surface area contributed by atoms with Crippen LogP contribution in [0.4, 0.5) is 28.4 Å². The molecule has 2 heterocycles. The number of rotatable bonds is 7. The SMILES string of the molecule is C1=CCC2C(=C1)c1c(cc3oc4ccccc4c3c1-c1ccc3ccccc3c1)N2c1ccc(N(c2ccc(-c3ccccc3)cc2)c2ccc(-c3ccccc3)cc2)cc1. The van der Waals surface area contributed by atoms with Crippen molar-refractivity contribution in [1.29, 1.82) is 0 Å². The fourth-order valence-corrected chi connectivity index (χ4v) is 9.66. The average Bonchev–Trinajstić information content (AvgIpc) is 3.87. The number of fused-ring (bicyclic) bond motifs is 7. The molecule has 0 fully saturated rings. The lowest BCUT2D eigenvalue weighted by Gasteiger charge is -2.30. The van der Waals surface area contributed by atoms with Crippen LogP contribution in [0.2, 0.25) is 0 Å². The zero-order chi connectivity index (χ0) is 40.3. The minimum Gasteiger partial charge on any atom is -0.456 e. The van der Waals surface area contributed by atoms with Crippen molar-refractivity contribution in [3.05, 3.63) is 230 Å². The quantitative estimate of drug-likeness (QED) is 0.161. The molecule has 0 bridgehead atoms. The van der Waals surface area contributed by atoms with Crippen molar-refractivity contribution in [3.63, 3.8) is 0 Å². The highest BCUT2D eigenvalue weighted by Crippen LogP contribution is 2.55. The summed E-state index contributed by atoms with van der Waals surface area (Å²) in [4.78, 5) is 4.90. The zero-order valence-electron chi connectivity index (χ0n) is 33.4. The number of para-hydroxylation sites is 1. The van der Waals surface area contributed by atoms with Crippen molar-refractivity contribution in [1.82, 2.24) is 0 Å². The van der Waals surface area contributed by atoms with E-state index in [1.807, 2.05) is 0 Å². The molecule has 0 saturated heterocycles. The third-order valence-electron chi connectivity index (χ3n) is 12.5. The van der Waals surface area contributed by atoms with E-state index in [4.69, 9.17) is 4.42 Å². The van der Waals surface area contributed by atoms with Crippen LogP contribution in [0.5, 0.6) is 0 Å². The summed E-state index contributed by atoms with van der Waals surface area (Å²) in [6, 6.07) is 74.6. The van der Waals surface area contributed by atoms with Crippen LogP contribution >= 0.6 is 0 Å².